The highest BCUT2D eigenvalue weighted by atomic mass is 16.5. The van der Waals surface area contributed by atoms with Crippen LogP contribution in [0.15, 0.2) is 36.4 Å². The van der Waals surface area contributed by atoms with Gasteiger partial charge in [-0.25, -0.2) is 4.85 Å². The average Bonchev–Trinajstić information content (AvgIpc) is 3.64. The Morgan fingerprint density at radius 3 is 2.68 bits per heavy atom. The molecule has 1 spiro atoms. The van der Waals surface area contributed by atoms with Crippen LogP contribution in [0.3, 0.4) is 0 Å². The Labute approximate surface area is 221 Å². The number of carbonyl (C=O) groups excluding carboxylic acids is 2. The number of aliphatic carboxylic acids is 1. The fraction of sp³-hybridized carbons (Fsp3) is 0.448. The molecule has 1 aliphatic carbocycles. The van der Waals surface area contributed by atoms with Crippen molar-refractivity contribution in [3.63, 3.8) is 0 Å². The molecule has 5 rings (SSSR count). The lowest BCUT2D eigenvalue weighted by molar-refractivity contribution is -0.137. The molecular formula is C29H31N3O6. The molecule has 2 fully saturated rings. The Kier molecular flexibility index (Phi) is 7.34. The van der Waals surface area contributed by atoms with Crippen molar-refractivity contribution in [2.75, 3.05) is 25.1 Å². The predicted octanol–water partition coefficient (Wildman–Crippen LogP) is 4.23. The van der Waals surface area contributed by atoms with Crippen LogP contribution in [0.4, 0.5) is 11.4 Å². The molecule has 2 aromatic carbocycles. The Balaban J connectivity index is 1.32. The second-order valence-corrected chi connectivity index (χ2v) is 10.3. The summed E-state index contributed by atoms with van der Waals surface area (Å²) in [6, 6.07) is 10.7. The van der Waals surface area contributed by atoms with E-state index in [0.29, 0.717) is 68.2 Å². The van der Waals surface area contributed by atoms with Gasteiger partial charge in [-0.15, -0.1) is 0 Å². The second-order valence-electron chi connectivity index (χ2n) is 10.3. The van der Waals surface area contributed by atoms with E-state index in [0.717, 1.165) is 24.0 Å². The summed E-state index contributed by atoms with van der Waals surface area (Å²) in [5, 5.41) is 15.1. The zero-order chi connectivity index (χ0) is 26.7. The van der Waals surface area contributed by atoms with Crippen molar-refractivity contribution in [2.24, 2.45) is 5.92 Å². The summed E-state index contributed by atoms with van der Waals surface area (Å²) < 4.78 is 11.3. The minimum Gasteiger partial charge on any atom is -0.493 e. The molecule has 0 radical (unpaired) electrons. The molecule has 1 saturated carbocycles. The van der Waals surface area contributed by atoms with Gasteiger partial charge in [-0.1, -0.05) is 12.1 Å². The van der Waals surface area contributed by atoms with Gasteiger partial charge < -0.3 is 25.2 Å². The summed E-state index contributed by atoms with van der Waals surface area (Å²) in [6.07, 6.45) is 3.86. The van der Waals surface area contributed by atoms with Crippen molar-refractivity contribution >= 4 is 29.2 Å². The lowest BCUT2D eigenvalue weighted by Gasteiger charge is -2.28. The maximum Gasteiger partial charge on any atom is 0.303 e. The van der Waals surface area contributed by atoms with Gasteiger partial charge in [-0.3, -0.25) is 14.4 Å². The van der Waals surface area contributed by atoms with Crippen molar-refractivity contribution in [1.82, 2.24) is 5.32 Å². The van der Waals surface area contributed by atoms with Crippen LogP contribution in [0.2, 0.25) is 0 Å². The van der Waals surface area contributed by atoms with E-state index in [2.05, 4.69) is 15.5 Å². The van der Waals surface area contributed by atoms with E-state index in [9.17, 15) is 14.4 Å². The fourth-order valence-electron chi connectivity index (χ4n) is 5.62. The minimum atomic E-state index is -0.868. The molecule has 2 atom stereocenters. The van der Waals surface area contributed by atoms with Gasteiger partial charge in [0.25, 0.3) is 5.91 Å². The number of carboxylic acid groups (broad SMARTS) is 1. The average molecular weight is 518 g/mol. The predicted molar refractivity (Wildman–Crippen MR) is 140 cm³/mol. The number of hydrogen-bond donors (Lipinski definition) is 3. The van der Waals surface area contributed by atoms with Crippen LogP contribution in [0.1, 0.15) is 60.0 Å². The highest BCUT2D eigenvalue weighted by Crippen LogP contribution is 2.61. The SMILES string of the molecule is [C-]#[N+]c1ccc(CCCC(=O)O)c(NC(=O)[C@@H]2C[C@]23CCOc2ccc(C(=O)NC4CCOCC4)cc23)c1. The number of ether oxygens (including phenoxy) is 2. The number of carboxylic acids is 1. The Morgan fingerprint density at radius 2 is 1.92 bits per heavy atom. The molecular weight excluding hydrogens is 486 g/mol. The number of benzene rings is 2. The molecule has 1 saturated heterocycles. The number of anilines is 1. The zero-order valence-corrected chi connectivity index (χ0v) is 21.1. The van der Waals surface area contributed by atoms with Crippen LogP contribution < -0.4 is 15.4 Å². The van der Waals surface area contributed by atoms with E-state index in [1.54, 1.807) is 24.3 Å². The van der Waals surface area contributed by atoms with Crippen molar-refractivity contribution < 1.29 is 29.0 Å². The molecule has 9 nitrogen and oxygen atoms in total. The number of fused-ring (bicyclic) bond motifs is 2. The van der Waals surface area contributed by atoms with Gasteiger partial charge in [0.05, 0.1) is 13.2 Å². The maximum absolute atomic E-state index is 13.5. The van der Waals surface area contributed by atoms with Crippen LogP contribution in [0.25, 0.3) is 4.85 Å². The Morgan fingerprint density at radius 1 is 1.11 bits per heavy atom. The van der Waals surface area contributed by atoms with Gasteiger partial charge in [0, 0.05) is 53.8 Å². The van der Waals surface area contributed by atoms with E-state index in [-0.39, 0.29) is 30.2 Å². The summed E-state index contributed by atoms with van der Waals surface area (Å²) in [5.41, 5.74) is 2.81. The van der Waals surface area contributed by atoms with E-state index < -0.39 is 11.4 Å². The van der Waals surface area contributed by atoms with Crippen LogP contribution in [0.5, 0.6) is 5.75 Å². The number of amides is 2. The van der Waals surface area contributed by atoms with Gasteiger partial charge in [0.15, 0.2) is 5.69 Å². The molecule has 2 aromatic rings. The number of hydrogen-bond acceptors (Lipinski definition) is 5. The first kappa shape index (κ1) is 25.7. The molecule has 2 amide bonds. The lowest BCUT2D eigenvalue weighted by Crippen LogP contribution is -2.39. The van der Waals surface area contributed by atoms with Gasteiger partial charge in [-0.05, 0) is 68.4 Å². The maximum atomic E-state index is 13.5. The second kappa shape index (κ2) is 10.8. The van der Waals surface area contributed by atoms with Gasteiger partial charge >= 0.3 is 5.97 Å². The lowest BCUT2D eigenvalue weighted by atomic mass is 9.86. The summed E-state index contributed by atoms with van der Waals surface area (Å²) in [4.78, 5) is 40.9. The molecule has 2 heterocycles. The number of carbonyl (C=O) groups is 3. The molecule has 198 valence electrons. The quantitative estimate of drug-likeness (QED) is 0.451. The van der Waals surface area contributed by atoms with Crippen molar-refractivity contribution in [2.45, 2.75) is 56.4 Å². The van der Waals surface area contributed by atoms with E-state index in [4.69, 9.17) is 21.2 Å². The largest absolute Gasteiger partial charge is 0.493 e. The zero-order valence-electron chi connectivity index (χ0n) is 21.1. The molecule has 38 heavy (non-hydrogen) atoms. The Hall–Kier alpha value is -3.90. The number of rotatable bonds is 8. The van der Waals surface area contributed by atoms with E-state index in [1.165, 1.54) is 0 Å². The number of aryl methyl sites for hydroxylation is 1. The highest BCUT2D eigenvalue weighted by molar-refractivity contribution is 5.98. The molecule has 0 aromatic heterocycles. The molecule has 0 unspecified atom stereocenters. The molecule has 9 heteroatoms. The van der Waals surface area contributed by atoms with Crippen molar-refractivity contribution in [3.05, 3.63) is 64.5 Å². The van der Waals surface area contributed by atoms with Crippen LogP contribution >= 0.6 is 0 Å². The third kappa shape index (κ3) is 5.36. The first-order valence-electron chi connectivity index (χ1n) is 13.1. The topological polar surface area (TPSA) is 118 Å². The monoisotopic (exact) mass is 517 g/mol. The molecule has 3 aliphatic rings. The van der Waals surface area contributed by atoms with Crippen LogP contribution in [-0.2, 0) is 26.2 Å². The first-order valence-corrected chi connectivity index (χ1v) is 13.1. The smallest absolute Gasteiger partial charge is 0.303 e. The van der Waals surface area contributed by atoms with E-state index >= 15 is 0 Å². The number of nitrogens with one attached hydrogen (secondary N) is 2. The third-order valence-electron chi connectivity index (χ3n) is 7.85. The summed E-state index contributed by atoms with van der Waals surface area (Å²) >= 11 is 0. The normalized spacial score (nSPS) is 22.0. The summed E-state index contributed by atoms with van der Waals surface area (Å²) in [7, 11) is 0. The number of nitrogens with zero attached hydrogens (tertiary/aromatic N) is 1. The third-order valence-corrected chi connectivity index (χ3v) is 7.85. The molecule has 2 aliphatic heterocycles. The standard InChI is InChI=1S/C29H31N3O6/c1-30-21-7-5-18(3-2-4-26(33)34)24(16-21)32-28(36)23-17-29(23)11-14-38-25-8-6-19(15-22(25)29)27(35)31-20-9-12-37-13-10-20/h5-8,15-16,20,23H,2-4,9-14,17H2,(H,31,35)(H,32,36)(H,33,34)/t23-,29-/m0/s1. The van der Waals surface area contributed by atoms with Gasteiger partial charge in [0.2, 0.25) is 5.91 Å². The fourth-order valence-corrected chi connectivity index (χ4v) is 5.62. The van der Waals surface area contributed by atoms with Crippen LogP contribution in [-0.4, -0.2) is 48.8 Å². The van der Waals surface area contributed by atoms with Gasteiger partial charge in [-0.2, -0.15) is 0 Å². The minimum absolute atomic E-state index is 0.0327. The molecule has 0 bridgehead atoms. The Bertz CT molecular complexity index is 1300. The summed E-state index contributed by atoms with van der Waals surface area (Å²) in [5.74, 6) is -0.728. The first-order chi connectivity index (χ1) is 18.4. The van der Waals surface area contributed by atoms with E-state index in [1.807, 2.05) is 12.1 Å². The van der Waals surface area contributed by atoms with Gasteiger partial charge in [0.1, 0.15) is 5.75 Å². The molecule has 3 N–H and O–H groups in total. The van der Waals surface area contributed by atoms with Crippen LogP contribution in [0, 0.1) is 12.5 Å². The van der Waals surface area contributed by atoms with Crippen molar-refractivity contribution in [3.8, 4) is 5.75 Å². The highest BCUT2D eigenvalue weighted by Gasteiger charge is 2.61. The summed E-state index contributed by atoms with van der Waals surface area (Å²) in [6.45, 7) is 9.12. The van der Waals surface area contributed by atoms with Crippen molar-refractivity contribution in [1.29, 1.82) is 0 Å².